The quantitative estimate of drug-likeness (QED) is 0.904. The average Bonchev–Trinajstić information content (AvgIpc) is 2.82. The van der Waals surface area contributed by atoms with Crippen LogP contribution in [0.1, 0.15) is 5.82 Å². The summed E-state index contributed by atoms with van der Waals surface area (Å²) in [5.41, 5.74) is 0.107. The van der Waals surface area contributed by atoms with Gasteiger partial charge in [-0.1, -0.05) is 12.1 Å². The fourth-order valence-corrected chi connectivity index (χ4v) is 2.51. The molecule has 0 aliphatic carbocycles. The number of alkyl halides is 2. The van der Waals surface area contributed by atoms with E-state index < -0.39 is 20.5 Å². The molecule has 0 aliphatic rings. The van der Waals surface area contributed by atoms with Gasteiger partial charge in [-0.3, -0.25) is 0 Å². The van der Waals surface area contributed by atoms with Crippen LogP contribution in [0.3, 0.4) is 0 Å². The molecule has 0 spiro atoms. The number of para-hydroxylation sites is 1. The van der Waals surface area contributed by atoms with Crippen LogP contribution < -0.4 is 5.32 Å². The van der Waals surface area contributed by atoms with Crippen molar-refractivity contribution in [2.75, 3.05) is 5.32 Å². The highest BCUT2D eigenvalue weighted by atomic mass is 32.2. The zero-order valence-electron chi connectivity index (χ0n) is 10.5. The van der Waals surface area contributed by atoms with Crippen molar-refractivity contribution in [1.29, 1.82) is 0 Å². The number of anilines is 1. The lowest BCUT2D eigenvalue weighted by Gasteiger charge is -2.11. The Morgan fingerprint density at radius 3 is 2.65 bits per heavy atom. The third-order valence-electron chi connectivity index (χ3n) is 2.67. The van der Waals surface area contributed by atoms with Crippen molar-refractivity contribution in [3.63, 3.8) is 0 Å². The van der Waals surface area contributed by atoms with Crippen molar-refractivity contribution in [2.45, 2.75) is 17.2 Å². The van der Waals surface area contributed by atoms with Crippen LogP contribution in [0.5, 0.6) is 0 Å². The van der Waals surface area contributed by atoms with Gasteiger partial charge in [0.1, 0.15) is 6.33 Å². The Bertz CT molecular complexity index is 700. The lowest BCUT2D eigenvalue weighted by molar-refractivity contribution is 0.235. The molecule has 0 amide bonds. The Morgan fingerprint density at radius 2 is 2.05 bits per heavy atom. The van der Waals surface area contributed by atoms with Crippen LogP contribution in [0.2, 0.25) is 0 Å². The maximum absolute atomic E-state index is 12.6. The number of hydrogen-bond donors (Lipinski definition) is 1. The van der Waals surface area contributed by atoms with Crippen LogP contribution in [0, 0.1) is 0 Å². The number of rotatable bonds is 5. The van der Waals surface area contributed by atoms with Crippen molar-refractivity contribution in [2.24, 2.45) is 7.05 Å². The molecule has 2 aromatic rings. The predicted molar refractivity (Wildman–Crippen MR) is 68.0 cm³/mol. The molecule has 1 aromatic carbocycles. The van der Waals surface area contributed by atoms with E-state index in [0.717, 1.165) is 6.07 Å². The molecule has 0 fully saturated rings. The van der Waals surface area contributed by atoms with E-state index in [2.05, 4.69) is 15.5 Å². The standard InChI is InChI=1S/C11H12F2N4O2S/c1-17-7-15-16-10(17)6-14-8-4-2-3-5-9(8)20(18,19)11(12)13/h2-5,7,11,14H,6H2,1H3. The monoisotopic (exact) mass is 302 g/mol. The molecule has 0 unspecified atom stereocenters. The van der Waals surface area contributed by atoms with Gasteiger partial charge in [-0.15, -0.1) is 10.2 Å². The molecule has 108 valence electrons. The first-order valence-electron chi connectivity index (χ1n) is 5.60. The third-order valence-corrected chi connectivity index (χ3v) is 4.11. The van der Waals surface area contributed by atoms with Gasteiger partial charge in [-0.2, -0.15) is 8.78 Å². The number of aromatic nitrogens is 3. The first kappa shape index (κ1) is 14.4. The van der Waals surface area contributed by atoms with E-state index >= 15 is 0 Å². The van der Waals surface area contributed by atoms with Gasteiger partial charge in [0, 0.05) is 7.05 Å². The Labute approximate surface area is 114 Å². The van der Waals surface area contributed by atoms with Crippen LogP contribution in [0.4, 0.5) is 14.5 Å². The lowest BCUT2D eigenvalue weighted by Crippen LogP contribution is -2.15. The van der Waals surface area contributed by atoms with Crippen molar-refractivity contribution < 1.29 is 17.2 Å². The number of benzene rings is 1. The largest absolute Gasteiger partial charge is 0.377 e. The molecular weight excluding hydrogens is 290 g/mol. The van der Waals surface area contributed by atoms with E-state index in [1.165, 1.54) is 18.5 Å². The predicted octanol–water partition coefficient (Wildman–Crippen LogP) is 1.42. The first-order chi connectivity index (χ1) is 9.43. The van der Waals surface area contributed by atoms with E-state index in [4.69, 9.17) is 0 Å². The number of sulfone groups is 1. The Kier molecular flexibility index (Phi) is 3.98. The number of hydrogen-bond acceptors (Lipinski definition) is 5. The molecule has 20 heavy (non-hydrogen) atoms. The smallest absolute Gasteiger partial charge is 0.341 e. The highest BCUT2D eigenvalue weighted by Crippen LogP contribution is 2.26. The summed E-state index contributed by atoms with van der Waals surface area (Å²) in [7, 11) is -2.93. The van der Waals surface area contributed by atoms with Crippen molar-refractivity contribution in [3.05, 3.63) is 36.4 Å². The minimum absolute atomic E-state index is 0.107. The van der Waals surface area contributed by atoms with E-state index in [0.29, 0.717) is 5.82 Å². The zero-order chi connectivity index (χ0) is 14.8. The third kappa shape index (κ3) is 2.77. The second-order valence-electron chi connectivity index (χ2n) is 4.01. The maximum atomic E-state index is 12.6. The normalized spacial score (nSPS) is 11.8. The SMILES string of the molecule is Cn1cnnc1CNc1ccccc1S(=O)(=O)C(F)F. The van der Waals surface area contributed by atoms with Gasteiger partial charge in [0.15, 0.2) is 5.82 Å². The summed E-state index contributed by atoms with van der Waals surface area (Å²) < 4.78 is 50.0. The number of aryl methyl sites for hydroxylation is 1. The topological polar surface area (TPSA) is 76.9 Å². The molecule has 9 heteroatoms. The van der Waals surface area contributed by atoms with E-state index in [1.807, 2.05) is 0 Å². The second-order valence-corrected chi connectivity index (χ2v) is 5.90. The van der Waals surface area contributed by atoms with E-state index in [9.17, 15) is 17.2 Å². The van der Waals surface area contributed by atoms with Gasteiger partial charge in [-0.05, 0) is 12.1 Å². The molecule has 0 aliphatic heterocycles. The fraction of sp³-hybridized carbons (Fsp3) is 0.273. The Hall–Kier alpha value is -2.03. The van der Waals surface area contributed by atoms with Gasteiger partial charge in [0.25, 0.3) is 0 Å². The summed E-state index contributed by atoms with van der Waals surface area (Å²) in [6, 6.07) is 5.51. The molecular formula is C11H12F2N4O2S. The highest BCUT2D eigenvalue weighted by molar-refractivity contribution is 7.91. The summed E-state index contributed by atoms with van der Waals surface area (Å²) in [4.78, 5) is -0.433. The van der Waals surface area contributed by atoms with Crippen molar-refractivity contribution in [3.8, 4) is 0 Å². The van der Waals surface area contributed by atoms with Gasteiger partial charge in [-0.25, -0.2) is 8.42 Å². The molecule has 6 nitrogen and oxygen atoms in total. The zero-order valence-corrected chi connectivity index (χ0v) is 11.3. The summed E-state index contributed by atoms with van der Waals surface area (Å²) in [5.74, 6) is -2.91. The van der Waals surface area contributed by atoms with Crippen LogP contribution in [0.25, 0.3) is 0 Å². The molecule has 1 aromatic heterocycles. The molecule has 0 bridgehead atoms. The Morgan fingerprint density at radius 1 is 1.35 bits per heavy atom. The van der Waals surface area contributed by atoms with Gasteiger partial charge < -0.3 is 9.88 Å². The van der Waals surface area contributed by atoms with Crippen LogP contribution in [-0.2, 0) is 23.4 Å². The number of halogens is 2. The molecule has 1 heterocycles. The molecule has 1 N–H and O–H groups in total. The number of nitrogens with one attached hydrogen (secondary N) is 1. The summed E-state index contributed by atoms with van der Waals surface area (Å²) >= 11 is 0. The minimum atomic E-state index is -4.65. The van der Waals surface area contributed by atoms with E-state index in [1.54, 1.807) is 17.7 Å². The van der Waals surface area contributed by atoms with Crippen LogP contribution in [0.15, 0.2) is 35.5 Å². The van der Waals surface area contributed by atoms with Gasteiger partial charge in [0.2, 0.25) is 9.84 Å². The maximum Gasteiger partial charge on any atom is 0.341 e. The van der Waals surface area contributed by atoms with Crippen LogP contribution in [-0.4, -0.2) is 28.9 Å². The van der Waals surface area contributed by atoms with Crippen LogP contribution >= 0.6 is 0 Å². The molecule has 0 saturated heterocycles. The first-order valence-corrected chi connectivity index (χ1v) is 7.15. The minimum Gasteiger partial charge on any atom is -0.377 e. The van der Waals surface area contributed by atoms with Crippen molar-refractivity contribution >= 4 is 15.5 Å². The molecule has 0 saturated carbocycles. The molecule has 0 radical (unpaired) electrons. The number of nitrogens with zero attached hydrogens (tertiary/aromatic N) is 3. The summed E-state index contributed by atoms with van der Waals surface area (Å²) in [6.45, 7) is 0.173. The lowest BCUT2D eigenvalue weighted by atomic mass is 10.3. The fourth-order valence-electron chi connectivity index (χ4n) is 1.60. The second kappa shape index (κ2) is 5.53. The van der Waals surface area contributed by atoms with Gasteiger partial charge in [0.05, 0.1) is 17.1 Å². The summed E-state index contributed by atoms with van der Waals surface area (Å²) in [5, 5.41) is 10.3. The molecule has 2 rings (SSSR count). The van der Waals surface area contributed by atoms with Crippen molar-refractivity contribution in [1.82, 2.24) is 14.8 Å². The Balaban J connectivity index is 2.28. The summed E-state index contributed by atoms with van der Waals surface area (Å²) in [6.07, 6.45) is 1.48. The molecule has 0 atom stereocenters. The highest BCUT2D eigenvalue weighted by Gasteiger charge is 2.28. The average molecular weight is 302 g/mol. The van der Waals surface area contributed by atoms with E-state index in [-0.39, 0.29) is 12.2 Å². The van der Waals surface area contributed by atoms with Gasteiger partial charge >= 0.3 is 5.76 Å².